The Balaban J connectivity index is 1.64. The molecular weight excluding hydrogens is 317 g/mol. The second-order valence-electron chi connectivity index (χ2n) is 6.81. The number of carbonyl (C=O) groups excluding carboxylic acids is 1. The van der Waals surface area contributed by atoms with E-state index in [2.05, 4.69) is 15.3 Å². The number of rotatable bonds is 4. The molecule has 1 fully saturated rings. The Morgan fingerprint density at radius 2 is 2.12 bits per heavy atom. The maximum absolute atomic E-state index is 13.7. The van der Waals surface area contributed by atoms with E-state index in [4.69, 9.17) is 0 Å². The van der Waals surface area contributed by atoms with Gasteiger partial charge in [-0.2, -0.15) is 0 Å². The number of pyridine rings is 1. The maximum Gasteiger partial charge on any atom is 0.268 e. The number of aromatic amines is 1. The standard InChI is InChI=1S/C20H20FN3O/c1-11-4-3-9-22-17(11)19(13-5-6-13)24-20(25)16-10-14-7-8-15(21)12(2)18(14)23-16/h3-4,7-10,13,19,23H,5-6H2,1-2H3,(H,24,25). The van der Waals surface area contributed by atoms with Gasteiger partial charge >= 0.3 is 0 Å². The molecule has 3 aromatic rings. The summed E-state index contributed by atoms with van der Waals surface area (Å²) in [5.74, 6) is -0.0275. The summed E-state index contributed by atoms with van der Waals surface area (Å²) < 4.78 is 13.7. The van der Waals surface area contributed by atoms with Gasteiger partial charge in [0.1, 0.15) is 11.5 Å². The molecule has 4 nitrogen and oxygen atoms in total. The number of carbonyl (C=O) groups is 1. The van der Waals surface area contributed by atoms with E-state index >= 15 is 0 Å². The van der Waals surface area contributed by atoms with Crippen LogP contribution in [0.15, 0.2) is 36.5 Å². The van der Waals surface area contributed by atoms with Gasteiger partial charge in [0.25, 0.3) is 5.91 Å². The first kappa shape index (κ1) is 15.8. The number of amides is 1. The zero-order chi connectivity index (χ0) is 17.6. The minimum atomic E-state index is -0.277. The van der Waals surface area contributed by atoms with Crippen LogP contribution in [-0.4, -0.2) is 15.9 Å². The van der Waals surface area contributed by atoms with Gasteiger partial charge in [-0.1, -0.05) is 6.07 Å². The molecule has 0 bridgehead atoms. The van der Waals surface area contributed by atoms with Gasteiger partial charge < -0.3 is 10.3 Å². The molecular formula is C20H20FN3O. The maximum atomic E-state index is 13.7. The van der Waals surface area contributed by atoms with Crippen LogP contribution in [0, 0.1) is 25.6 Å². The van der Waals surface area contributed by atoms with E-state index in [9.17, 15) is 9.18 Å². The lowest BCUT2D eigenvalue weighted by molar-refractivity contribution is 0.0926. The molecule has 0 saturated heterocycles. The van der Waals surface area contributed by atoms with Crippen LogP contribution in [-0.2, 0) is 0 Å². The van der Waals surface area contributed by atoms with Crippen molar-refractivity contribution in [1.29, 1.82) is 0 Å². The van der Waals surface area contributed by atoms with Crippen molar-refractivity contribution in [2.75, 3.05) is 0 Å². The molecule has 2 aromatic heterocycles. The minimum Gasteiger partial charge on any atom is -0.350 e. The van der Waals surface area contributed by atoms with Crippen molar-refractivity contribution in [2.24, 2.45) is 5.92 Å². The topological polar surface area (TPSA) is 57.8 Å². The molecule has 1 aliphatic carbocycles. The van der Waals surface area contributed by atoms with Crippen LogP contribution in [0.4, 0.5) is 4.39 Å². The SMILES string of the molecule is Cc1cccnc1C(NC(=O)c1cc2ccc(F)c(C)c2[nH]1)C1CC1. The van der Waals surface area contributed by atoms with Crippen molar-refractivity contribution in [3.63, 3.8) is 0 Å². The third-order valence-electron chi connectivity index (χ3n) is 4.96. The molecule has 2 N–H and O–H groups in total. The molecule has 1 aromatic carbocycles. The number of nitrogens with one attached hydrogen (secondary N) is 2. The van der Waals surface area contributed by atoms with Gasteiger partial charge in [0.2, 0.25) is 0 Å². The number of hydrogen-bond acceptors (Lipinski definition) is 2. The highest BCUT2D eigenvalue weighted by Crippen LogP contribution is 2.41. The number of hydrogen-bond donors (Lipinski definition) is 2. The first-order chi connectivity index (χ1) is 12.0. The van der Waals surface area contributed by atoms with Crippen molar-refractivity contribution >= 4 is 16.8 Å². The highest BCUT2D eigenvalue weighted by molar-refractivity contribution is 5.98. The van der Waals surface area contributed by atoms with E-state index in [-0.39, 0.29) is 17.8 Å². The van der Waals surface area contributed by atoms with E-state index in [0.717, 1.165) is 29.5 Å². The summed E-state index contributed by atoms with van der Waals surface area (Å²) in [7, 11) is 0. The largest absolute Gasteiger partial charge is 0.350 e. The van der Waals surface area contributed by atoms with Crippen molar-refractivity contribution in [3.8, 4) is 0 Å². The number of aromatic nitrogens is 2. The molecule has 1 unspecified atom stereocenters. The molecule has 1 atom stereocenters. The highest BCUT2D eigenvalue weighted by atomic mass is 19.1. The minimum absolute atomic E-state index is 0.0852. The molecule has 1 amide bonds. The third kappa shape index (κ3) is 2.90. The predicted molar refractivity (Wildman–Crippen MR) is 94.9 cm³/mol. The Kier molecular flexibility index (Phi) is 3.79. The second-order valence-corrected chi connectivity index (χ2v) is 6.81. The Hall–Kier alpha value is -2.69. The molecule has 25 heavy (non-hydrogen) atoms. The zero-order valence-electron chi connectivity index (χ0n) is 14.3. The molecule has 2 heterocycles. The van der Waals surface area contributed by atoms with Gasteiger partial charge in [-0.25, -0.2) is 4.39 Å². The molecule has 128 valence electrons. The number of fused-ring (bicyclic) bond motifs is 1. The number of nitrogens with zero attached hydrogens (tertiary/aromatic N) is 1. The molecule has 0 spiro atoms. The Morgan fingerprint density at radius 1 is 1.32 bits per heavy atom. The smallest absolute Gasteiger partial charge is 0.268 e. The lowest BCUT2D eigenvalue weighted by Crippen LogP contribution is -2.31. The monoisotopic (exact) mass is 337 g/mol. The van der Waals surface area contributed by atoms with Crippen LogP contribution in [0.1, 0.15) is 46.2 Å². The van der Waals surface area contributed by atoms with Gasteiger partial charge in [0.05, 0.1) is 17.3 Å². The summed E-state index contributed by atoms with van der Waals surface area (Å²) in [6.07, 6.45) is 3.95. The normalized spacial score (nSPS) is 15.3. The van der Waals surface area contributed by atoms with Crippen molar-refractivity contribution in [1.82, 2.24) is 15.3 Å². The van der Waals surface area contributed by atoms with E-state index in [0.29, 0.717) is 22.7 Å². The summed E-state index contributed by atoms with van der Waals surface area (Å²) in [6, 6.07) is 8.71. The van der Waals surface area contributed by atoms with Crippen LogP contribution < -0.4 is 5.32 Å². The summed E-state index contributed by atoms with van der Waals surface area (Å²) in [5, 5.41) is 3.96. The fourth-order valence-corrected chi connectivity index (χ4v) is 3.32. The van der Waals surface area contributed by atoms with Crippen LogP contribution in [0.25, 0.3) is 10.9 Å². The average Bonchev–Trinajstić information content (AvgIpc) is 3.35. The van der Waals surface area contributed by atoms with Crippen molar-refractivity contribution < 1.29 is 9.18 Å². The summed E-state index contributed by atoms with van der Waals surface area (Å²) in [4.78, 5) is 20.3. The molecule has 0 aliphatic heterocycles. The van der Waals surface area contributed by atoms with Crippen LogP contribution in [0.5, 0.6) is 0 Å². The second kappa shape index (κ2) is 5.99. The molecule has 0 radical (unpaired) electrons. The average molecular weight is 337 g/mol. The molecule has 5 heteroatoms. The quantitative estimate of drug-likeness (QED) is 0.749. The van der Waals surface area contributed by atoms with Crippen LogP contribution in [0.2, 0.25) is 0 Å². The third-order valence-corrected chi connectivity index (χ3v) is 4.96. The molecule has 1 aliphatic rings. The number of halogens is 1. The van der Waals surface area contributed by atoms with E-state index in [1.54, 1.807) is 25.3 Å². The molecule has 4 rings (SSSR count). The van der Waals surface area contributed by atoms with Gasteiger partial charge in [-0.15, -0.1) is 0 Å². The van der Waals surface area contributed by atoms with Gasteiger partial charge in [-0.05, 0) is 62.4 Å². The fraction of sp³-hybridized carbons (Fsp3) is 0.300. The summed E-state index contributed by atoms with van der Waals surface area (Å²) >= 11 is 0. The van der Waals surface area contributed by atoms with Crippen molar-refractivity contribution in [2.45, 2.75) is 32.7 Å². The zero-order valence-corrected chi connectivity index (χ0v) is 14.3. The Labute approximate surface area is 145 Å². The van der Waals surface area contributed by atoms with Gasteiger partial charge in [0, 0.05) is 17.1 Å². The van der Waals surface area contributed by atoms with Crippen LogP contribution >= 0.6 is 0 Å². The predicted octanol–water partition coefficient (Wildman–Crippen LogP) is 4.20. The number of benzene rings is 1. The highest BCUT2D eigenvalue weighted by Gasteiger charge is 2.35. The number of aryl methyl sites for hydroxylation is 2. The molecule has 1 saturated carbocycles. The van der Waals surface area contributed by atoms with Gasteiger partial charge in [0.15, 0.2) is 0 Å². The van der Waals surface area contributed by atoms with E-state index < -0.39 is 0 Å². The van der Waals surface area contributed by atoms with E-state index in [1.165, 1.54) is 6.07 Å². The fourth-order valence-electron chi connectivity index (χ4n) is 3.32. The summed E-state index contributed by atoms with van der Waals surface area (Å²) in [5.41, 5.74) is 3.65. The Bertz CT molecular complexity index is 959. The lowest BCUT2D eigenvalue weighted by Gasteiger charge is -2.19. The van der Waals surface area contributed by atoms with Gasteiger partial charge in [-0.3, -0.25) is 9.78 Å². The van der Waals surface area contributed by atoms with Crippen LogP contribution in [0.3, 0.4) is 0 Å². The number of H-pyrrole nitrogens is 1. The van der Waals surface area contributed by atoms with E-state index in [1.807, 2.05) is 19.1 Å². The lowest BCUT2D eigenvalue weighted by atomic mass is 10.0. The Morgan fingerprint density at radius 3 is 2.84 bits per heavy atom. The van der Waals surface area contributed by atoms with Crippen molar-refractivity contribution in [3.05, 3.63) is 64.9 Å². The first-order valence-electron chi connectivity index (χ1n) is 8.55. The summed E-state index contributed by atoms with van der Waals surface area (Å²) in [6.45, 7) is 3.72. The first-order valence-corrected chi connectivity index (χ1v) is 8.55.